The van der Waals surface area contributed by atoms with Crippen LogP contribution in [0.25, 0.3) is 0 Å². The van der Waals surface area contributed by atoms with Crippen LogP contribution in [0.1, 0.15) is 19.3 Å². The van der Waals surface area contributed by atoms with Gasteiger partial charge in [0.15, 0.2) is 0 Å². The molecule has 0 spiro atoms. The van der Waals surface area contributed by atoms with E-state index in [1.54, 1.807) is 6.08 Å². The van der Waals surface area contributed by atoms with Gasteiger partial charge in [-0.2, -0.15) is 0 Å². The molecule has 0 aliphatic carbocycles. The van der Waals surface area contributed by atoms with Crippen LogP contribution in [-0.4, -0.2) is 34.8 Å². The third-order valence-corrected chi connectivity index (χ3v) is 1.02. The first-order valence-corrected chi connectivity index (χ1v) is 5.61. The number of esters is 1. The molecule has 0 saturated heterocycles. The predicted molar refractivity (Wildman–Crippen MR) is 66.6 cm³/mol. The fourth-order valence-electron chi connectivity index (χ4n) is 0.493. The third kappa shape index (κ3) is 254. The van der Waals surface area contributed by atoms with Crippen LogP contribution in [0.15, 0.2) is 12.7 Å². The Labute approximate surface area is 129 Å². The Bertz CT molecular complexity index is 267. The van der Waals surface area contributed by atoms with Crippen LogP contribution in [-0.2, 0) is 9.53 Å². The van der Waals surface area contributed by atoms with Crippen LogP contribution in [0, 0.1) is 0 Å². The van der Waals surface area contributed by atoms with Gasteiger partial charge in [0, 0.05) is 6.42 Å². The summed E-state index contributed by atoms with van der Waals surface area (Å²) in [5, 5.41) is 0. The highest BCUT2D eigenvalue weighted by Crippen LogP contribution is 2.07. The number of hydrogen-bond donors (Lipinski definition) is 0. The monoisotopic (exact) mass is 389 g/mol. The van der Waals surface area contributed by atoms with Gasteiger partial charge in [-0.3, -0.25) is 4.79 Å². The van der Waals surface area contributed by atoms with Gasteiger partial charge in [-0.15, -0.1) is 6.58 Å². The summed E-state index contributed by atoms with van der Waals surface area (Å²) in [6.45, 7) is 3.53. The largest absolute Gasteiger partial charge is 0.673 e. The summed E-state index contributed by atoms with van der Waals surface area (Å²) in [5.74, 6) is -0.142. The fourth-order valence-corrected chi connectivity index (χ4v) is 0.493. The summed E-state index contributed by atoms with van der Waals surface area (Å²) < 4.78 is 121. The summed E-state index contributed by atoms with van der Waals surface area (Å²) in [4.78, 5) is 10.4. The molecule has 0 aromatic carbocycles. The summed E-state index contributed by atoms with van der Waals surface area (Å²) in [5.41, 5.74) is 0. The lowest BCUT2D eigenvalue weighted by Gasteiger charge is -1.94. The standard InChI is InChI=1S/C7H12O2.3BF4/c1-3-4-5-6-7(8)9-2;3*2-1(3,4)5/h3H,1,4-6H2,2H3;;;/q;3*-1. The molecule has 0 radical (unpaired) electrons. The number of carbonyl (C=O) groups excluding carboxylic acids is 1. The van der Waals surface area contributed by atoms with E-state index in [4.69, 9.17) is 0 Å². The van der Waals surface area contributed by atoms with Gasteiger partial charge in [-0.25, -0.2) is 0 Å². The summed E-state index contributed by atoms with van der Waals surface area (Å²) in [6.07, 6.45) is 4.02. The van der Waals surface area contributed by atoms with Gasteiger partial charge in [-0.1, -0.05) is 6.08 Å². The van der Waals surface area contributed by atoms with Gasteiger partial charge >= 0.3 is 27.7 Å². The second-order valence-corrected chi connectivity index (χ2v) is 3.24. The number of unbranched alkanes of at least 4 members (excludes halogenated alkanes) is 1. The fraction of sp³-hybridized carbons (Fsp3) is 0.571. The quantitative estimate of drug-likeness (QED) is 0.211. The topological polar surface area (TPSA) is 26.3 Å². The van der Waals surface area contributed by atoms with Crippen LogP contribution in [0.4, 0.5) is 51.8 Å². The lowest BCUT2D eigenvalue weighted by Crippen LogP contribution is -2.02. The van der Waals surface area contributed by atoms with E-state index in [0.29, 0.717) is 6.42 Å². The maximum absolute atomic E-state index is 10.4. The Kier molecular flexibility index (Phi) is 19.2. The van der Waals surface area contributed by atoms with Crippen LogP contribution in [0.2, 0.25) is 0 Å². The number of rotatable bonds is 4. The van der Waals surface area contributed by atoms with E-state index >= 15 is 0 Å². The smallest absolute Gasteiger partial charge is 0.469 e. The zero-order chi connectivity index (χ0) is 20.6. The number of carbonyl (C=O) groups is 1. The van der Waals surface area contributed by atoms with Crippen LogP contribution in [0.5, 0.6) is 0 Å². The van der Waals surface area contributed by atoms with Crippen molar-refractivity contribution in [3.05, 3.63) is 12.7 Å². The van der Waals surface area contributed by atoms with Gasteiger partial charge in [0.1, 0.15) is 0 Å². The molecule has 0 aromatic heterocycles. The molecule has 24 heavy (non-hydrogen) atoms. The minimum atomic E-state index is -6.00. The molecule has 17 heteroatoms. The molecule has 148 valence electrons. The van der Waals surface area contributed by atoms with Crippen molar-refractivity contribution in [3.8, 4) is 0 Å². The van der Waals surface area contributed by atoms with Crippen molar-refractivity contribution < 1.29 is 61.3 Å². The molecular formula is C7H12B3F12O2-3. The molecule has 0 aromatic rings. The van der Waals surface area contributed by atoms with E-state index in [1.165, 1.54) is 7.11 Å². The van der Waals surface area contributed by atoms with Crippen molar-refractivity contribution in [2.24, 2.45) is 0 Å². The van der Waals surface area contributed by atoms with Crippen molar-refractivity contribution >= 4 is 27.7 Å². The second kappa shape index (κ2) is 15.1. The lowest BCUT2D eigenvalue weighted by atomic mass is 10.2. The van der Waals surface area contributed by atoms with Gasteiger partial charge in [-0.05, 0) is 12.8 Å². The zero-order valence-electron chi connectivity index (χ0n) is 12.0. The molecule has 2 nitrogen and oxygen atoms in total. The van der Waals surface area contributed by atoms with E-state index in [9.17, 15) is 56.6 Å². The number of halogens is 12. The molecule has 0 rings (SSSR count). The molecule has 0 saturated carbocycles. The van der Waals surface area contributed by atoms with E-state index in [0.717, 1.165) is 12.8 Å². The molecular weight excluding hydrogens is 376 g/mol. The van der Waals surface area contributed by atoms with Crippen molar-refractivity contribution in [2.75, 3.05) is 7.11 Å². The van der Waals surface area contributed by atoms with Crippen LogP contribution >= 0.6 is 0 Å². The van der Waals surface area contributed by atoms with E-state index < -0.39 is 21.8 Å². The van der Waals surface area contributed by atoms with Crippen LogP contribution < -0.4 is 0 Å². The molecule has 0 N–H and O–H groups in total. The first kappa shape index (κ1) is 30.4. The maximum atomic E-state index is 10.4. The summed E-state index contributed by atoms with van der Waals surface area (Å²) in [6, 6.07) is 0. The molecule has 0 bridgehead atoms. The van der Waals surface area contributed by atoms with Crippen molar-refractivity contribution in [2.45, 2.75) is 19.3 Å². The Morgan fingerprint density at radius 3 is 1.25 bits per heavy atom. The number of hydrogen-bond acceptors (Lipinski definition) is 2. The highest BCUT2D eigenvalue weighted by molar-refractivity contribution is 6.50. The highest BCUT2D eigenvalue weighted by atomic mass is 19.5. The molecule has 0 aliphatic rings. The van der Waals surface area contributed by atoms with E-state index in [2.05, 4.69) is 11.3 Å². The van der Waals surface area contributed by atoms with Gasteiger partial charge < -0.3 is 56.5 Å². The zero-order valence-corrected chi connectivity index (χ0v) is 12.0. The van der Waals surface area contributed by atoms with Gasteiger partial charge in [0.25, 0.3) is 0 Å². The summed E-state index contributed by atoms with van der Waals surface area (Å²) >= 11 is 0. The Hall–Kier alpha value is -1.44. The SMILES string of the molecule is C=CCCCC(=O)OC.F[B-](F)(F)F.F[B-](F)(F)F.F[B-](F)(F)F. The number of methoxy groups -OCH3 is 1. The molecule has 0 unspecified atom stereocenters. The molecule has 0 heterocycles. The van der Waals surface area contributed by atoms with Crippen molar-refractivity contribution in [1.29, 1.82) is 0 Å². The minimum Gasteiger partial charge on any atom is -0.469 e. The van der Waals surface area contributed by atoms with Crippen LogP contribution in [0.3, 0.4) is 0 Å². The van der Waals surface area contributed by atoms with E-state index in [1.807, 2.05) is 0 Å². The number of ether oxygens (including phenoxy) is 1. The van der Waals surface area contributed by atoms with Crippen molar-refractivity contribution in [3.63, 3.8) is 0 Å². The average Bonchev–Trinajstić information content (AvgIpc) is 2.22. The molecule has 0 atom stereocenters. The average molecular weight is 389 g/mol. The lowest BCUT2D eigenvalue weighted by molar-refractivity contribution is -0.140. The third-order valence-electron chi connectivity index (χ3n) is 1.02. The maximum Gasteiger partial charge on any atom is 0.673 e. The second-order valence-electron chi connectivity index (χ2n) is 3.24. The highest BCUT2D eigenvalue weighted by Gasteiger charge is 2.21. The predicted octanol–water partition coefficient (Wildman–Crippen LogP) is 5.42. The van der Waals surface area contributed by atoms with Gasteiger partial charge in [0.2, 0.25) is 0 Å². The Balaban J connectivity index is -0.000000116. The van der Waals surface area contributed by atoms with Crippen molar-refractivity contribution in [1.82, 2.24) is 0 Å². The first-order chi connectivity index (χ1) is 10.3. The Morgan fingerprint density at radius 2 is 1.08 bits per heavy atom. The summed E-state index contributed by atoms with van der Waals surface area (Å²) in [7, 11) is -16.6. The molecule has 0 aliphatic heterocycles. The number of allylic oxidation sites excluding steroid dienone is 1. The minimum absolute atomic E-state index is 0.142. The first-order valence-electron chi connectivity index (χ1n) is 5.61. The van der Waals surface area contributed by atoms with Gasteiger partial charge in [0.05, 0.1) is 7.11 Å². The molecule has 0 amide bonds. The molecule has 0 fully saturated rings. The normalized spacial score (nSPS) is 10.7. The Morgan fingerprint density at radius 1 is 0.833 bits per heavy atom. The van der Waals surface area contributed by atoms with E-state index in [-0.39, 0.29) is 5.97 Å².